The highest BCUT2D eigenvalue weighted by atomic mass is 16.5. The van der Waals surface area contributed by atoms with Crippen LogP contribution >= 0.6 is 0 Å². The summed E-state index contributed by atoms with van der Waals surface area (Å²) in [5.41, 5.74) is 2.11. The standard InChI is InChI=1S/C24H29N3O3/c28-23(18-30-21-12-10-20(11-13-21)27-16-6-9-24(27)29)25-17-22(26-14-4-5-15-26)19-7-2-1-3-8-19/h1-3,7-8,10-13,22H,4-6,9,14-18H2,(H,25,28)/t22-/m1/s1. The van der Waals surface area contributed by atoms with Gasteiger partial charge in [0.2, 0.25) is 5.91 Å². The van der Waals surface area contributed by atoms with E-state index in [1.165, 1.54) is 18.4 Å². The van der Waals surface area contributed by atoms with E-state index in [-0.39, 0.29) is 24.5 Å². The molecule has 1 atom stereocenters. The Morgan fingerprint density at radius 1 is 0.967 bits per heavy atom. The van der Waals surface area contributed by atoms with Crippen LogP contribution < -0.4 is 15.0 Å². The van der Waals surface area contributed by atoms with E-state index in [1.54, 1.807) is 4.90 Å². The lowest BCUT2D eigenvalue weighted by atomic mass is 10.1. The van der Waals surface area contributed by atoms with Crippen molar-refractivity contribution in [3.05, 3.63) is 60.2 Å². The van der Waals surface area contributed by atoms with Crippen molar-refractivity contribution >= 4 is 17.5 Å². The number of hydrogen-bond acceptors (Lipinski definition) is 4. The maximum atomic E-state index is 12.4. The van der Waals surface area contributed by atoms with Crippen molar-refractivity contribution in [1.82, 2.24) is 10.2 Å². The van der Waals surface area contributed by atoms with Crippen molar-refractivity contribution in [3.8, 4) is 5.75 Å². The molecule has 30 heavy (non-hydrogen) atoms. The fraction of sp³-hybridized carbons (Fsp3) is 0.417. The third-order valence-corrected chi connectivity index (χ3v) is 5.85. The Morgan fingerprint density at radius 2 is 1.70 bits per heavy atom. The predicted octanol–water partition coefficient (Wildman–Crippen LogP) is 3.15. The minimum atomic E-state index is -0.131. The number of amides is 2. The van der Waals surface area contributed by atoms with Crippen molar-refractivity contribution in [1.29, 1.82) is 0 Å². The summed E-state index contributed by atoms with van der Waals surface area (Å²) in [4.78, 5) is 28.4. The van der Waals surface area contributed by atoms with Gasteiger partial charge in [0.05, 0.1) is 6.04 Å². The van der Waals surface area contributed by atoms with Gasteiger partial charge in [-0.2, -0.15) is 0 Å². The lowest BCUT2D eigenvalue weighted by molar-refractivity contribution is -0.123. The number of nitrogens with zero attached hydrogens (tertiary/aromatic N) is 2. The van der Waals surface area contributed by atoms with Crippen molar-refractivity contribution < 1.29 is 14.3 Å². The molecule has 2 aromatic carbocycles. The Hall–Kier alpha value is -2.86. The number of likely N-dealkylation sites (tertiary alicyclic amines) is 1. The minimum absolute atomic E-state index is 0.0243. The molecule has 0 spiro atoms. The van der Waals surface area contributed by atoms with Crippen LogP contribution in [0.5, 0.6) is 5.75 Å². The molecular formula is C24H29N3O3. The van der Waals surface area contributed by atoms with Crippen LogP contribution in [0.1, 0.15) is 37.3 Å². The molecule has 4 rings (SSSR count). The van der Waals surface area contributed by atoms with Gasteiger partial charge in [0.1, 0.15) is 5.75 Å². The summed E-state index contributed by atoms with van der Waals surface area (Å²) in [6, 6.07) is 17.9. The van der Waals surface area contributed by atoms with E-state index in [9.17, 15) is 9.59 Å². The zero-order valence-electron chi connectivity index (χ0n) is 17.3. The van der Waals surface area contributed by atoms with Crippen LogP contribution in [-0.2, 0) is 9.59 Å². The smallest absolute Gasteiger partial charge is 0.258 e. The SMILES string of the molecule is O=C(COc1ccc(N2CCCC2=O)cc1)NC[C@H](c1ccccc1)N1CCCC1. The molecular weight excluding hydrogens is 378 g/mol. The predicted molar refractivity (Wildman–Crippen MR) is 117 cm³/mol. The molecule has 2 aliphatic rings. The summed E-state index contributed by atoms with van der Waals surface area (Å²) in [7, 11) is 0. The fourth-order valence-corrected chi connectivity index (χ4v) is 4.24. The van der Waals surface area contributed by atoms with Gasteiger partial charge in [-0.3, -0.25) is 14.5 Å². The molecule has 2 aliphatic heterocycles. The van der Waals surface area contributed by atoms with E-state index in [0.29, 0.717) is 18.7 Å². The lowest BCUT2D eigenvalue weighted by Crippen LogP contribution is -2.38. The van der Waals surface area contributed by atoms with E-state index in [4.69, 9.17) is 4.74 Å². The van der Waals surface area contributed by atoms with Crippen LogP contribution in [0.15, 0.2) is 54.6 Å². The highest BCUT2D eigenvalue weighted by Crippen LogP contribution is 2.25. The quantitative estimate of drug-likeness (QED) is 0.730. The maximum Gasteiger partial charge on any atom is 0.258 e. The van der Waals surface area contributed by atoms with E-state index in [0.717, 1.165) is 31.7 Å². The highest BCUT2D eigenvalue weighted by molar-refractivity contribution is 5.95. The number of carbonyl (C=O) groups excluding carboxylic acids is 2. The summed E-state index contributed by atoms with van der Waals surface area (Å²) in [5, 5.41) is 3.03. The van der Waals surface area contributed by atoms with E-state index < -0.39 is 0 Å². The third kappa shape index (κ3) is 5.00. The molecule has 2 fully saturated rings. The lowest BCUT2D eigenvalue weighted by Gasteiger charge is -2.28. The van der Waals surface area contributed by atoms with Crippen LogP contribution in [-0.4, -0.2) is 49.5 Å². The highest BCUT2D eigenvalue weighted by Gasteiger charge is 2.24. The Bertz CT molecular complexity index is 848. The van der Waals surface area contributed by atoms with Gasteiger partial charge in [-0.25, -0.2) is 0 Å². The molecule has 2 saturated heterocycles. The Kier molecular flexibility index (Phi) is 6.64. The summed E-state index contributed by atoms with van der Waals surface area (Å²) < 4.78 is 5.65. The van der Waals surface area contributed by atoms with Gasteiger partial charge >= 0.3 is 0 Å². The first-order valence-electron chi connectivity index (χ1n) is 10.8. The van der Waals surface area contributed by atoms with Crippen LogP contribution in [0.25, 0.3) is 0 Å². The second kappa shape index (κ2) is 9.76. The second-order valence-corrected chi connectivity index (χ2v) is 7.91. The van der Waals surface area contributed by atoms with Crippen molar-refractivity contribution in [2.75, 3.05) is 37.7 Å². The summed E-state index contributed by atoms with van der Waals surface area (Å²) in [5.74, 6) is 0.655. The molecule has 0 aliphatic carbocycles. The number of hydrogen-bond donors (Lipinski definition) is 1. The monoisotopic (exact) mass is 407 g/mol. The van der Waals surface area contributed by atoms with Gasteiger partial charge < -0.3 is 15.0 Å². The van der Waals surface area contributed by atoms with Crippen molar-refractivity contribution in [3.63, 3.8) is 0 Å². The molecule has 2 amide bonds. The van der Waals surface area contributed by atoms with Crippen LogP contribution in [0.2, 0.25) is 0 Å². The number of nitrogens with one attached hydrogen (secondary N) is 1. The molecule has 6 nitrogen and oxygen atoms in total. The largest absolute Gasteiger partial charge is 0.484 e. The number of ether oxygens (including phenoxy) is 1. The molecule has 0 aromatic heterocycles. The Morgan fingerprint density at radius 3 is 2.37 bits per heavy atom. The molecule has 158 valence electrons. The van der Waals surface area contributed by atoms with Gasteiger partial charge in [-0.1, -0.05) is 30.3 Å². The van der Waals surface area contributed by atoms with Crippen LogP contribution in [0.3, 0.4) is 0 Å². The normalized spacial score (nSPS) is 17.9. The van der Waals surface area contributed by atoms with E-state index >= 15 is 0 Å². The van der Waals surface area contributed by atoms with Gasteiger partial charge in [0, 0.05) is 25.2 Å². The summed E-state index contributed by atoms with van der Waals surface area (Å²) in [6.45, 7) is 3.45. The first kappa shape index (κ1) is 20.4. The number of benzene rings is 2. The van der Waals surface area contributed by atoms with Gasteiger partial charge in [0.25, 0.3) is 5.91 Å². The first-order chi connectivity index (χ1) is 14.7. The number of anilines is 1. The zero-order valence-corrected chi connectivity index (χ0v) is 17.3. The second-order valence-electron chi connectivity index (χ2n) is 7.91. The summed E-state index contributed by atoms with van der Waals surface area (Å²) >= 11 is 0. The number of rotatable bonds is 8. The Balaban J connectivity index is 1.28. The molecule has 0 radical (unpaired) electrons. The van der Waals surface area contributed by atoms with E-state index in [1.807, 2.05) is 42.5 Å². The third-order valence-electron chi connectivity index (χ3n) is 5.85. The Labute approximate surface area is 177 Å². The minimum Gasteiger partial charge on any atom is -0.484 e. The molecule has 2 aromatic rings. The molecule has 6 heteroatoms. The topological polar surface area (TPSA) is 61.9 Å². The molecule has 1 N–H and O–H groups in total. The van der Waals surface area contributed by atoms with Crippen LogP contribution in [0.4, 0.5) is 5.69 Å². The fourth-order valence-electron chi connectivity index (χ4n) is 4.24. The first-order valence-corrected chi connectivity index (χ1v) is 10.8. The molecule has 0 unspecified atom stereocenters. The molecule has 0 saturated carbocycles. The molecule has 0 bridgehead atoms. The average Bonchev–Trinajstić information content (AvgIpc) is 3.46. The van der Waals surface area contributed by atoms with Gasteiger partial charge in [0.15, 0.2) is 6.61 Å². The van der Waals surface area contributed by atoms with Crippen LogP contribution in [0, 0.1) is 0 Å². The van der Waals surface area contributed by atoms with E-state index in [2.05, 4.69) is 22.3 Å². The average molecular weight is 408 g/mol. The van der Waals surface area contributed by atoms with Gasteiger partial charge in [-0.05, 0) is 62.2 Å². The number of carbonyl (C=O) groups is 2. The molecule has 2 heterocycles. The maximum absolute atomic E-state index is 12.4. The van der Waals surface area contributed by atoms with Gasteiger partial charge in [-0.15, -0.1) is 0 Å². The van der Waals surface area contributed by atoms with Crippen molar-refractivity contribution in [2.24, 2.45) is 0 Å². The van der Waals surface area contributed by atoms with Crippen molar-refractivity contribution in [2.45, 2.75) is 31.7 Å². The summed E-state index contributed by atoms with van der Waals surface area (Å²) in [6.07, 6.45) is 3.93. The zero-order chi connectivity index (χ0) is 20.8.